The highest BCUT2D eigenvalue weighted by Gasteiger charge is 2.64. The third kappa shape index (κ3) is 1.73. The molecule has 0 N–H and O–H groups in total. The van der Waals surface area contributed by atoms with E-state index < -0.39 is 0 Å². The van der Waals surface area contributed by atoms with E-state index in [1.165, 1.54) is 0 Å². The molecule has 19 heavy (non-hydrogen) atoms. The van der Waals surface area contributed by atoms with Crippen molar-refractivity contribution in [3.63, 3.8) is 0 Å². The summed E-state index contributed by atoms with van der Waals surface area (Å²) in [5, 5.41) is 0. The monoisotopic (exact) mass is 261 g/mol. The molecule has 2 bridgehead atoms. The lowest BCUT2D eigenvalue weighted by Gasteiger charge is -2.29. The summed E-state index contributed by atoms with van der Waals surface area (Å²) >= 11 is 0. The fourth-order valence-corrected chi connectivity index (χ4v) is 4.12. The smallest absolute Gasteiger partial charge is 0.310 e. The number of ether oxygens (including phenoxy) is 1. The van der Waals surface area contributed by atoms with E-state index >= 15 is 0 Å². The fourth-order valence-electron chi connectivity index (χ4n) is 4.12. The molecule has 0 aromatic heterocycles. The van der Waals surface area contributed by atoms with Crippen LogP contribution in [0.25, 0.3) is 0 Å². The zero-order chi connectivity index (χ0) is 13.6. The van der Waals surface area contributed by atoms with Crippen molar-refractivity contribution < 1.29 is 14.3 Å². The Morgan fingerprint density at radius 3 is 2.63 bits per heavy atom. The van der Waals surface area contributed by atoms with Gasteiger partial charge in [0.05, 0.1) is 11.8 Å². The van der Waals surface area contributed by atoms with Crippen LogP contribution in [-0.2, 0) is 14.3 Å². The summed E-state index contributed by atoms with van der Waals surface area (Å²) in [5.74, 6) is 0.112. The molecule has 1 aliphatic heterocycles. The normalized spacial score (nSPS) is 38.1. The average Bonchev–Trinajstić information content (AvgIpc) is 2.98. The number of carbonyl (C=O) groups excluding carboxylic acids is 2. The second-order valence-corrected chi connectivity index (χ2v) is 5.74. The van der Waals surface area contributed by atoms with E-state index in [2.05, 4.69) is 13.2 Å². The van der Waals surface area contributed by atoms with Gasteiger partial charge in [-0.25, -0.2) is 0 Å². The molecule has 3 fully saturated rings. The molecule has 1 heterocycles. The number of amides is 1. The van der Waals surface area contributed by atoms with Gasteiger partial charge < -0.3 is 9.64 Å². The van der Waals surface area contributed by atoms with Gasteiger partial charge in [0, 0.05) is 19.0 Å². The number of hydrogen-bond acceptors (Lipinski definition) is 3. The van der Waals surface area contributed by atoms with Crippen LogP contribution < -0.4 is 0 Å². The number of hydrogen-bond donors (Lipinski definition) is 0. The van der Waals surface area contributed by atoms with E-state index in [1.807, 2.05) is 0 Å². The van der Waals surface area contributed by atoms with Crippen LogP contribution in [0.1, 0.15) is 12.8 Å². The SMILES string of the molecule is C=CCN(CC=C)C(=O)[C@@H]1[C@@H]2C[C@@H]3[C@@H]1C(=O)O[C@@H]3C2. The summed E-state index contributed by atoms with van der Waals surface area (Å²) in [7, 11) is 0. The number of carbonyl (C=O) groups is 2. The molecule has 0 aromatic carbocycles. The first-order valence-electron chi connectivity index (χ1n) is 6.88. The zero-order valence-electron chi connectivity index (χ0n) is 11.0. The minimum atomic E-state index is -0.201. The first-order chi connectivity index (χ1) is 9.17. The van der Waals surface area contributed by atoms with Crippen molar-refractivity contribution in [1.82, 2.24) is 4.90 Å². The molecule has 3 aliphatic rings. The van der Waals surface area contributed by atoms with Crippen molar-refractivity contribution in [1.29, 1.82) is 0 Å². The molecule has 0 radical (unpaired) electrons. The Hall–Kier alpha value is -1.58. The van der Waals surface area contributed by atoms with Crippen molar-refractivity contribution in [2.24, 2.45) is 23.7 Å². The molecule has 2 aliphatic carbocycles. The lowest BCUT2D eigenvalue weighted by atomic mass is 9.79. The number of rotatable bonds is 5. The van der Waals surface area contributed by atoms with Gasteiger partial charge in [-0.05, 0) is 18.8 Å². The third-order valence-electron chi connectivity index (χ3n) is 4.78. The lowest BCUT2D eigenvalue weighted by molar-refractivity contribution is -0.148. The summed E-state index contributed by atoms with van der Waals surface area (Å²) in [6.45, 7) is 8.37. The largest absolute Gasteiger partial charge is 0.462 e. The molecular weight excluding hydrogens is 242 g/mol. The van der Waals surface area contributed by atoms with Crippen LogP contribution in [0, 0.1) is 23.7 Å². The summed E-state index contributed by atoms with van der Waals surface area (Å²) in [4.78, 5) is 26.3. The van der Waals surface area contributed by atoms with Crippen LogP contribution in [0.3, 0.4) is 0 Å². The summed E-state index contributed by atoms with van der Waals surface area (Å²) in [6, 6.07) is 0. The van der Waals surface area contributed by atoms with Gasteiger partial charge in [-0.2, -0.15) is 0 Å². The molecule has 4 heteroatoms. The van der Waals surface area contributed by atoms with Gasteiger partial charge in [0.25, 0.3) is 0 Å². The van der Waals surface area contributed by atoms with E-state index in [0.717, 1.165) is 12.8 Å². The summed E-state index contributed by atoms with van der Waals surface area (Å²) in [5.41, 5.74) is 0. The Bertz CT molecular complexity index is 433. The third-order valence-corrected chi connectivity index (χ3v) is 4.78. The van der Waals surface area contributed by atoms with E-state index in [1.54, 1.807) is 17.1 Å². The van der Waals surface area contributed by atoms with Crippen LogP contribution in [-0.4, -0.2) is 36.0 Å². The average molecular weight is 261 g/mol. The molecule has 102 valence electrons. The maximum atomic E-state index is 12.7. The fraction of sp³-hybridized carbons (Fsp3) is 0.600. The first-order valence-corrected chi connectivity index (χ1v) is 6.88. The number of nitrogens with zero attached hydrogens (tertiary/aromatic N) is 1. The van der Waals surface area contributed by atoms with Gasteiger partial charge in [0.15, 0.2) is 0 Å². The Morgan fingerprint density at radius 1 is 1.32 bits per heavy atom. The van der Waals surface area contributed by atoms with Crippen LogP contribution >= 0.6 is 0 Å². The highest BCUT2D eigenvalue weighted by atomic mass is 16.6. The van der Waals surface area contributed by atoms with E-state index in [4.69, 9.17) is 4.74 Å². The van der Waals surface area contributed by atoms with Gasteiger partial charge in [0.2, 0.25) is 5.91 Å². The highest BCUT2D eigenvalue weighted by Crippen LogP contribution is 2.58. The van der Waals surface area contributed by atoms with Crippen molar-refractivity contribution in [2.75, 3.05) is 13.1 Å². The molecule has 4 nitrogen and oxygen atoms in total. The standard InChI is InChI=1S/C15H19NO3/c1-3-5-16(6-4-2)14(17)12-9-7-10-11(8-9)19-15(18)13(10)12/h3-4,9-13H,1-2,5-8H2/t9-,10+,11-,12-,13+/m1/s1. The molecule has 0 unspecified atom stereocenters. The Labute approximate surface area is 113 Å². The first kappa shape index (κ1) is 12.5. The molecule has 0 spiro atoms. The van der Waals surface area contributed by atoms with Crippen LogP contribution in [0.5, 0.6) is 0 Å². The van der Waals surface area contributed by atoms with Crippen LogP contribution in [0.4, 0.5) is 0 Å². The predicted molar refractivity (Wildman–Crippen MR) is 70.0 cm³/mol. The molecule has 1 saturated heterocycles. The lowest BCUT2D eigenvalue weighted by Crippen LogP contribution is -2.42. The van der Waals surface area contributed by atoms with Crippen LogP contribution in [0.15, 0.2) is 25.3 Å². The minimum absolute atomic E-state index is 0.0644. The second kappa shape index (κ2) is 4.51. The second-order valence-electron chi connectivity index (χ2n) is 5.74. The minimum Gasteiger partial charge on any atom is -0.462 e. The van der Waals surface area contributed by atoms with E-state index in [9.17, 15) is 9.59 Å². The van der Waals surface area contributed by atoms with Gasteiger partial charge >= 0.3 is 5.97 Å². The predicted octanol–water partition coefficient (Wildman–Crippen LogP) is 1.38. The van der Waals surface area contributed by atoms with Gasteiger partial charge in [-0.1, -0.05) is 12.2 Å². The van der Waals surface area contributed by atoms with Crippen molar-refractivity contribution >= 4 is 11.9 Å². The summed E-state index contributed by atoms with van der Waals surface area (Å²) < 4.78 is 5.37. The molecule has 3 rings (SSSR count). The molecule has 2 saturated carbocycles. The quantitative estimate of drug-likeness (QED) is 0.555. The summed E-state index contributed by atoms with van der Waals surface area (Å²) in [6.07, 6.45) is 5.33. The molecule has 1 amide bonds. The van der Waals surface area contributed by atoms with Crippen molar-refractivity contribution in [3.05, 3.63) is 25.3 Å². The number of fused-ring (bicyclic) bond motifs is 1. The van der Waals surface area contributed by atoms with Crippen LogP contribution in [0.2, 0.25) is 0 Å². The van der Waals surface area contributed by atoms with Gasteiger partial charge in [-0.15, -0.1) is 13.2 Å². The van der Waals surface area contributed by atoms with E-state index in [0.29, 0.717) is 19.0 Å². The highest BCUT2D eigenvalue weighted by molar-refractivity contribution is 5.88. The molecular formula is C15H19NO3. The molecule has 5 atom stereocenters. The Balaban J connectivity index is 1.81. The van der Waals surface area contributed by atoms with E-state index in [-0.39, 0.29) is 35.7 Å². The van der Waals surface area contributed by atoms with Gasteiger partial charge in [0.1, 0.15) is 6.10 Å². The Kier molecular flexibility index (Phi) is 2.96. The zero-order valence-corrected chi connectivity index (χ0v) is 11.0. The number of esters is 1. The van der Waals surface area contributed by atoms with Crippen molar-refractivity contribution in [3.8, 4) is 0 Å². The Morgan fingerprint density at radius 2 is 2.00 bits per heavy atom. The maximum absolute atomic E-state index is 12.7. The molecule has 0 aromatic rings. The topological polar surface area (TPSA) is 46.6 Å². The maximum Gasteiger partial charge on any atom is 0.310 e. The van der Waals surface area contributed by atoms with Crippen molar-refractivity contribution in [2.45, 2.75) is 18.9 Å². The van der Waals surface area contributed by atoms with Gasteiger partial charge in [-0.3, -0.25) is 9.59 Å².